The van der Waals surface area contributed by atoms with Crippen molar-refractivity contribution < 1.29 is 29.2 Å². The lowest BCUT2D eigenvalue weighted by atomic mass is 10.1. The van der Waals surface area contributed by atoms with Crippen LogP contribution in [0.2, 0.25) is 0 Å². The molecule has 0 bridgehead atoms. The van der Waals surface area contributed by atoms with Crippen molar-refractivity contribution in [2.24, 2.45) is 0 Å². The fraction of sp³-hybridized carbons (Fsp3) is 1.00. The Bertz CT molecular complexity index is 348. The molecule has 0 unspecified atom stereocenters. The summed E-state index contributed by atoms with van der Waals surface area (Å²) in [5.74, 6) is -1.96. The van der Waals surface area contributed by atoms with Gasteiger partial charge in [-0.3, -0.25) is 0 Å². The summed E-state index contributed by atoms with van der Waals surface area (Å²) in [7, 11) is 0. The second-order valence-corrected chi connectivity index (χ2v) is 6.65. The molecular weight excluding hydrogens is 288 g/mol. The predicted molar refractivity (Wildman–Crippen MR) is 80.3 cm³/mol. The zero-order valence-electron chi connectivity index (χ0n) is 13.9. The molecule has 6 nitrogen and oxygen atoms in total. The van der Waals surface area contributed by atoms with Crippen molar-refractivity contribution in [3.63, 3.8) is 0 Å². The van der Waals surface area contributed by atoms with Crippen LogP contribution in [0.25, 0.3) is 0 Å². The van der Waals surface area contributed by atoms with Crippen LogP contribution in [0.4, 0.5) is 0 Å². The molecule has 0 aliphatic carbocycles. The van der Waals surface area contributed by atoms with Gasteiger partial charge in [0.25, 0.3) is 0 Å². The Labute approximate surface area is 132 Å². The quantitative estimate of drug-likeness (QED) is 0.629. The first-order valence-electron chi connectivity index (χ1n) is 8.36. The zero-order chi connectivity index (χ0) is 16.2. The number of rotatable bonds is 9. The van der Waals surface area contributed by atoms with Crippen molar-refractivity contribution >= 4 is 0 Å². The molecule has 6 heteroatoms. The minimum Gasteiger partial charge on any atom is -0.394 e. The van der Waals surface area contributed by atoms with Crippen molar-refractivity contribution in [1.82, 2.24) is 0 Å². The Morgan fingerprint density at radius 2 is 1.82 bits per heavy atom. The molecule has 0 radical (unpaired) electrons. The molecule has 0 saturated carbocycles. The van der Waals surface area contributed by atoms with E-state index in [2.05, 4.69) is 6.92 Å². The number of aliphatic hydroxyl groups excluding tert-OH is 2. The van der Waals surface area contributed by atoms with Gasteiger partial charge in [0.1, 0.15) is 24.9 Å². The van der Waals surface area contributed by atoms with Gasteiger partial charge in [-0.25, -0.2) is 0 Å². The molecular formula is C16H30O6. The van der Waals surface area contributed by atoms with Gasteiger partial charge < -0.3 is 29.2 Å². The number of unbranched alkanes of at least 4 members (excludes halogenated alkanes) is 4. The van der Waals surface area contributed by atoms with E-state index >= 15 is 0 Å². The second kappa shape index (κ2) is 7.55. The van der Waals surface area contributed by atoms with Crippen molar-refractivity contribution in [3.8, 4) is 0 Å². The summed E-state index contributed by atoms with van der Waals surface area (Å²) in [4.78, 5) is 0. The minimum atomic E-state index is -1.13. The van der Waals surface area contributed by atoms with Crippen LogP contribution in [0.3, 0.4) is 0 Å². The van der Waals surface area contributed by atoms with Gasteiger partial charge in [-0.2, -0.15) is 0 Å². The van der Waals surface area contributed by atoms with Gasteiger partial charge in [0, 0.05) is 6.61 Å². The van der Waals surface area contributed by atoms with E-state index in [0.717, 1.165) is 12.8 Å². The van der Waals surface area contributed by atoms with Gasteiger partial charge >= 0.3 is 0 Å². The summed E-state index contributed by atoms with van der Waals surface area (Å²) in [6.07, 6.45) is 3.59. The van der Waals surface area contributed by atoms with Gasteiger partial charge in [0.05, 0.1) is 6.61 Å². The fourth-order valence-electron chi connectivity index (χ4n) is 3.15. The SMILES string of the molecule is CCCCCCCOC[C@@]12O[C@@H](CO)[C@@H](O)[C@@H]1OC(C)(C)O2. The third kappa shape index (κ3) is 3.99. The van der Waals surface area contributed by atoms with Gasteiger partial charge in [0.15, 0.2) is 5.79 Å². The molecule has 0 amide bonds. The van der Waals surface area contributed by atoms with Crippen LogP contribution in [0.15, 0.2) is 0 Å². The van der Waals surface area contributed by atoms with E-state index in [9.17, 15) is 10.2 Å². The van der Waals surface area contributed by atoms with Crippen LogP contribution in [0, 0.1) is 0 Å². The minimum absolute atomic E-state index is 0.197. The lowest BCUT2D eigenvalue weighted by Gasteiger charge is -2.28. The topological polar surface area (TPSA) is 77.4 Å². The average Bonchev–Trinajstić information content (AvgIpc) is 2.87. The van der Waals surface area contributed by atoms with E-state index in [1.165, 1.54) is 19.3 Å². The molecule has 4 atom stereocenters. The van der Waals surface area contributed by atoms with E-state index in [0.29, 0.717) is 6.61 Å². The third-order valence-electron chi connectivity index (χ3n) is 4.18. The standard InChI is InChI=1S/C16H30O6/c1-4-5-6-7-8-9-19-11-16-14(21-15(2,3)22-16)13(18)12(10-17)20-16/h12-14,17-18H,4-11H2,1-3H3/t12-,13+,14-,16-/m0/s1. The Kier molecular flexibility index (Phi) is 6.22. The van der Waals surface area contributed by atoms with E-state index in [4.69, 9.17) is 18.9 Å². The Hall–Kier alpha value is -0.240. The van der Waals surface area contributed by atoms with Gasteiger partial charge in [-0.15, -0.1) is 0 Å². The van der Waals surface area contributed by atoms with Crippen LogP contribution in [0.5, 0.6) is 0 Å². The van der Waals surface area contributed by atoms with Crippen molar-refractivity contribution in [1.29, 1.82) is 0 Å². The summed E-state index contributed by atoms with van der Waals surface area (Å²) in [5.41, 5.74) is 0. The second-order valence-electron chi connectivity index (χ2n) is 6.65. The molecule has 2 rings (SSSR count). The van der Waals surface area contributed by atoms with E-state index < -0.39 is 29.9 Å². The van der Waals surface area contributed by atoms with Crippen molar-refractivity contribution in [2.45, 2.75) is 82.8 Å². The normalized spacial score (nSPS) is 36.7. The molecule has 2 heterocycles. The lowest BCUT2D eigenvalue weighted by molar-refractivity contribution is -0.280. The van der Waals surface area contributed by atoms with Crippen LogP contribution < -0.4 is 0 Å². The summed E-state index contributed by atoms with van der Waals surface area (Å²) in [6.45, 7) is 6.30. The van der Waals surface area contributed by atoms with E-state index in [1.54, 1.807) is 13.8 Å². The fourth-order valence-corrected chi connectivity index (χ4v) is 3.15. The van der Waals surface area contributed by atoms with Crippen molar-refractivity contribution in [3.05, 3.63) is 0 Å². The first-order valence-corrected chi connectivity index (χ1v) is 8.36. The van der Waals surface area contributed by atoms with Gasteiger partial charge in [-0.1, -0.05) is 32.6 Å². The predicted octanol–water partition coefficient (Wildman–Crippen LogP) is 1.57. The summed E-state index contributed by atoms with van der Waals surface area (Å²) in [5, 5.41) is 19.5. The number of aliphatic hydroxyl groups is 2. The molecule has 2 N–H and O–H groups in total. The van der Waals surface area contributed by atoms with Gasteiger partial charge in [-0.05, 0) is 20.3 Å². The maximum Gasteiger partial charge on any atom is 0.224 e. The highest BCUT2D eigenvalue weighted by Gasteiger charge is 2.64. The maximum absolute atomic E-state index is 10.2. The number of fused-ring (bicyclic) bond motifs is 1. The molecule has 2 saturated heterocycles. The van der Waals surface area contributed by atoms with Crippen LogP contribution >= 0.6 is 0 Å². The number of hydrogen-bond acceptors (Lipinski definition) is 6. The van der Waals surface area contributed by atoms with Gasteiger partial charge in [0.2, 0.25) is 5.79 Å². The Morgan fingerprint density at radius 1 is 1.09 bits per heavy atom. The monoisotopic (exact) mass is 318 g/mol. The lowest BCUT2D eigenvalue weighted by Crippen LogP contribution is -2.45. The highest BCUT2D eigenvalue weighted by Crippen LogP contribution is 2.45. The number of hydrogen-bond donors (Lipinski definition) is 2. The van der Waals surface area contributed by atoms with Crippen LogP contribution in [0.1, 0.15) is 52.9 Å². The van der Waals surface area contributed by atoms with Crippen LogP contribution in [-0.2, 0) is 18.9 Å². The maximum atomic E-state index is 10.2. The zero-order valence-corrected chi connectivity index (χ0v) is 13.9. The third-order valence-corrected chi connectivity index (χ3v) is 4.18. The first kappa shape index (κ1) is 18.1. The molecule has 0 aromatic heterocycles. The molecule has 2 fully saturated rings. The molecule has 0 aromatic carbocycles. The summed E-state index contributed by atoms with van der Waals surface area (Å²) >= 11 is 0. The summed E-state index contributed by atoms with van der Waals surface area (Å²) in [6, 6.07) is 0. The number of ether oxygens (including phenoxy) is 4. The molecule has 0 aromatic rings. The van der Waals surface area contributed by atoms with Crippen LogP contribution in [-0.4, -0.2) is 59.9 Å². The highest BCUT2D eigenvalue weighted by atomic mass is 16.9. The largest absolute Gasteiger partial charge is 0.394 e. The highest BCUT2D eigenvalue weighted by molar-refractivity contribution is 5.02. The van der Waals surface area contributed by atoms with Crippen molar-refractivity contribution in [2.75, 3.05) is 19.8 Å². The average molecular weight is 318 g/mol. The molecule has 2 aliphatic heterocycles. The molecule has 0 spiro atoms. The molecule has 22 heavy (non-hydrogen) atoms. The Morgan fingerprint density at radius 3 is 2.50 bits per heavy atom. The summed E-state index contributed by atoms with van der Waals surface area (Å²) < 4.78 is 23.1. The van der Waals surface area contributed by atoms with E-state index in [1.807, 2.05) is 0 Å². The first-order chi connectivity index (χ1) is 10.4. The molecule has 2 aliphatic rings. The molecule has 130 valence electrons. The van der Waals surface area contributed by atoms with E-state index in [-0.39, 0.29) is 13.2 Å². The smallest absolute Gasteiger partial charge is 0.224 e. The Balaban J connectivity index is 1.83.